The van der Waals surface area contributed by atoms with Gasteiger partial charge >= 0.3 is 0 Å². The number of nitrogens with one attached hydrogen (secondary N) is 2. The summed E-state index contributed by atoms with van der Waals surface area (Å²) in [6.45, 7) is 3.35. The summed E-state index contributed by atoms with van der Waals surface area (Å²) in [6.07, 6.45) is 0. The van der Waals surface area contributed by atoms with Gasteiger partial charge in [-0.2, -0.15) is 0 Å². The number of hydrogen-bond acceptors (Lipinski definition) is 3. The third-order valence-corrected chi connectivity index (χ3v) is 4.65. The maximum Gasteiger partial charge on any atom is 0.279 e. The first-order valence-corrected chi connectivity index (χ1v) is 8.23. The Bertz CT molecular complexity index is 657. The first kappa shape index (κ1) is 16.8. The SMILES string of the molecule is COc1ccc(NC(=O)C[NH+](C)Cc2sccc2C)cc1Cl. The highest BCUT2D eigenvalue weighted by Gasteiger charge is 2.13. The molecule has 0 aliphatic rings. The van der Waals surface area contributed by atoms with Crippen molar-refractivity contribution in [2.24, 2.45) is 0 Å². The summed E-state index contributed by atoms with van der Waals surface area (Å²) < 4.78 is 5.09. The first-order chi connectivity index (χ1) is 10.5. The van der Waals surface area contributed by atoms with E-state index in [9.17, 15) is 4.79 Å². The van der Waals surface area contributed by atoms with Gasteiger partial charge in [-0.15, -0.1) is 11.3 Å². The number of anilines is 1. The predicted octanol–water partition coefficient (Wildman–Crippen LogP) is 2.37. The van der Waals surface area contributed by atoms with E-state index < -0.39 is 0 Å². The number of carbonyl (C=O) groups excluding carboxylic acids is 1. The van der Waals surface area contributed by atoms with Crippen molar-refractivity contribution in [3.05, 3.63) is 45.1 Å². The lowest BCUT2D eigenvalue weighted by atomic mass is 10.3. The minimum atomic E-state index is -0.0343. The second kappa shape index (κ2) is 7.63. The maximum absolute atomic E-state index is 12.1. The molecule has 4 nitrogen and oxygen atoms in total. The normalized spacial score (nSPS) is 12.0. The molecule has 6 heteroatoms. The average molecular weight is 340 g/mol. The number of methoxy groups -OCH3 is 1. The zero-order chi connectivity index (χ0) is 16.1. The Morgan fingerprint density at radius 2 is 2.18 bits per heavy atom. The van der Waals surface area contributed by atoms with Crippen molar-refractivity contribution in [3.8, 4) is 5.75 Å². The van der Waals surface area contributed by atoms with E-state index in [2.05, 4.69) is 23.7 Å². The summed E-state index contributed by atoms with van der Waals surface area (Å²) in [6, 6.07) is 7.31. The number of thiophene rings is 1. The third kappa shape index (κ3) is 4.47. The highest BCUT2D eigenvalue weighted by atomic mass is 35.5. The smallest absolute Gasteiger partial charge is 0.279 e. The first-order valence-electron chi connectivity index (χ1n) is 6.97. The van der Waals surface area contributed by atoms with Crippen LogP contribution in [0, 0.1) is 6.92 Å². The fraction of sp³-hybridized carbons (Fsp3) is 0.312. The summed E-state index contributed by atoms with van der Waals surface area (Å²) in [5.41, 5.74) is 1.96. The summed E-state index contributed by atoms with van der Waals surface area (Å²) in [5.74, 6) is 0.559. The number of amides is 1. The molecular formula is C16H20ClN2O2S+. The molecule has 1 heterocycles. The van der Waals surface area contributed by atoms with Crippen LogP contribution in [0.2, 0.25) is 5.02 Å². The zero-order valence-electron chi connectivity index (χ0n) is 12.9. The molecule has 2 rings (SSSR count). The molecule has 0 spiro atoms. The van der Waals surface area contributed by atoms with Gasteiger partial charge in [0, 0.05) is 5.69 Å². The van der Waals surface area contributed by atoms with Crippen LogP contribution in [0.3, 0.4) is 0 Å². The van der Waals surface area contributed by atoms with Gasteiger partial charge in [-0.1, -0.05) is 11.6 Å². The molecule has 1 aromatic heterocycles. The maximum atomic E-state index is 12.1. The molecule has 2 N–H and O–H groups in total. The van der Waals surface area contributed by atoms with Crippen LogP contribution in [0.25, 0.3) is 0 Å². The molecule has 0 fully saturated rings. The number of halogens is 1. The van der Waals surface area contributed by atoms with E-state index in [4.69, 9.17) is 16.3 Å². The Hall–Kier alpha value is -1.56. The molecule has 0 radical (unpaired) electrons. The molecule has 1 unspecified atom stereocenters. The monoisotopic (exact) mass is 339 g/mol. The fourth-order valence-electron chi connectivity index (χ4n) is 2.15. The zero-order valence-corrected chi connectivity index (χ0v) is 14.5. The predicted molar refractivity (Wildman–Crippen MR) is 91.1 cm³/mol. The van der Waals surface area contributed by atoms with Crippen molar-refractivity contribution in [2.45, 2.75) is 13.5 Å². The van der Waals surface area contributed by atoms with Crippen molar-refractivity contribution >= 4 is 34.5 Å². The van der Waals surface area contributed by atoms with Crippen molar-refractivity contribution in [1.29, 1.82) is 0 Å². The number of quaternary nitrogens is 1. The van der Waals surface area contributed by atoms with Gasteiger partial charge in [0.25, 0.3) is 5.91 Å². The molecule has 0 saturated heterocycles. The van der Waals surface area contributed by atoms with Crippen LogP contribution in [-0.2, 0) is 11.3 Å². The topological polar surface area (TPSA) is 42.8 Å². The molecule has 2 aromatic rings. The summed E-state index contributed by atoms with van der Waals surface area (Å²) in [7, 11) is 3.57. The Balaban J connectivity index is 1.89. The average Bonchev–Trinajstić information content (AvgIpc) is 2.84. The lowest BCUT2D eigenvalue weighted by molar-refractivity contribution is -0.884. The molecule has 1 atom stereocenters. The summed E-state index contributed by atoms with van der Waals surface area (Å²) in [5, 5.41) is 5.43. The van der Waals surface area contributed by atoms with Gasteiger partial charge in [0.1, 0.15) is 12.3 Å². The number of ether oxygens (including phenoxy) is 1. The van der Waals surface area contributed by atoms with E-state index in [1.807, 2.05) is 7.05 Å². The second-order valence-electron chi connectivity index (χ2n) is 5.23. The molecule has 22 heavy (non-hydrogen) atoms. The minimum absolute atomic E-state index is 0.0343. The Labute approximate surface area is 139 Å². The van der Waals surface area contributed by atoms with E-state index in [1.165, 1.54) is 10.4 Å². The Kier molecular flexibility index (Phi) is 5.83. The van der Waals surface area contributed by atoms with Crippen LogP contribution < -0.4 is 15.0 Å². The molecule has 1 amide bonds. The highest BCUT2D eigenvalue weighted by molar-refractivity contribution is 7.10. The van der Waals surface area contributed by atoms with Crippen molar-refractivity contribution in [3.63, 3.8) is 0 Å². The van der Waals surface area contributed by atoms with Gasteiger partial charge in [0.05, 0.1) is 24.1 Å². The molecule has 0 aliphatic carbocycles. The van der Waals surface area contributed by atoms with Gasteiger partial charge < -0.3 is 15.0 Å². The quantitative estimate of drug-likeness (QED) is 0.848. The lowest BCUT2D eigenvalue weighted by Gasteiger charge is -2.14. The van der Waals surface area contributed by atoms with Gasteiger partial charge in [0.15, 0.2) is 6.54 Å². The lowest BCUT2D eigenvalue weighted by Crippen LogP contribution is -3.08. The second-order valence-corrected chi connectivity index (χ2v) is 6.64. The van der Waals surface area contributed by atoms with E-state index >= 15 is 0 Å². The summed E-state index contributed by atoms with van der Waals surface area (Å²) >= 11 is 7.78. The van der Waals surface area contributed by atoms with Crippen LogP contribution in [0.5, 0.6) is 5.75 Å². The molecular weight excluding hydrogens is 320 g/mol. The Morgan fingerprint density at radius 1 is 1.41 bits per heavy atom. The van der Waals surface area contributed by atoms with Gasteiger partial charge in [-0.3, -0.25) is 4.79 Å². The van der Waals surface area contributed by atoms with Crippen molar-refractivity contribution in [1.82, 2.24) is 0 Å². The molecule has 118 valence electrons. The number of benzene rings is 1. The van der Waals surface area contributed by atoms with E-state index in [1.54, 1.807) is 36.6 Å². The molecule has 0 aliphatic heterocycles. The standard InChI is InChI=1S/C16H19ClN2O2S/c1-11-6-7-22-15(11)9-19(2)10-16(20)18-12-4-5-14(21-3)13(17)8-12/h4-8H,9-10H2,1-3H3,(H,18,20)/p+1. The van der Waals surface area contributed by atoms with Crippen LogP contribution in [0.15, 0.2) is 29.6 Å². The third-order valence-electron chi connectivity index (χ3n) is 3.33. The van der Waals surface area contributed by atoms with Crippen LogP contribution >= 0.6 is 22.9 Å². The van der Waals surface area contributed by atoms with Gasteiger partial charge in [-0.05, 0) is 42.1 Å². The summed E-state index contributed by atoms with van der Waals surface area (Å²) in [4.78, 5) is 14.6. The number of aryl methyl sites for hydroxylation is 1. The number of likely N-dealkylation sites (N-methyl/N-ethyl adjacent to an activating group) is 1. The van der Waals surface area contributed by atoms with Gasteiger partial charge in [0.2, 0.25) is 0 Å². The van der Waals surface area contributed by atoms with Gasteiger partial charge in [-0.25, -0.2) is 0 Å². The molecule has 0 bridgehead atoms. The Morgan fingerprint density at radius 3 is 2.77 bits per heavy atom. The molecule has 1 aromatic carbocycles. The van der Waals surface area contributed by atoms with Crippen LogP contribution in [0.1, 0.15) is 10.4 Å². The largest absolute Gasteiger partial charge is 0.495 e. The highest BCUT2D eigenvalue weighted by Crippen LogP contribution is 2.27. The fourth-order valence-corrected chi connectivity index (χ4v) is 3.42. The number of rotatable bonds is 6. The van der Waals surface area contributed by atoms with E-state index in [0.29, 0.717) is 23.0 Å². The van der Waals surface area contributed by atoms with E-state index in [-0.39, 0.29) is 5.91 Å². The minimum Gasteiger partial charge on any atom is -0.495 e. The van der Waals surface area contributed by atoms with Crippen molar-refractivity contribution in [2.75, 3.05) is 26.0 Å². The van der Waals surface area contributed by atoms with Crippen molar-refractivity contribution < 1.29 is 14.4 Å². The van der Waals surface area contributed by atoms with Crippen LogP contribution in [0.4, 0.5) is 5.69 Å². The number of hydrogen-bond donors (Lipinski definition) is 2. The molecule has 0 saturated carbocycles. The van der Waals surface area contributed by atoms with Crippen LogP contribution in [-0.4, -0.2) is 26.6 Å². The van der Waals surface area contributed by atoms with E-state index in [0.717, 1.165) is 11.4 Å². The number of carbonyl (C=O) groups is 1.